The summed E-state index contributed by atoms with van der Waals surface area (Å²) < 4.78 is 0. The number of carbonyl (C=O) groups excluding carboxylic acids is 1. The first-order valence-corrected chi connectivity index (χ1v) is 6.13. The molecule has 3 heteroatoms. The quantitative estimate of drug-likeness (QED) is 0.746. The number of hydrogen-bond acceptors (Lipinski definition) is 3. The summed E-state index contributed by atoms with van der Waals surface area (Å²) in [6, 6.07) is 0. The SMILES string of the molecule is C=CCC1(CC=C)CC(=O)c2s[c]nc2C1. The molecule has 1 aromatic rings. The molecule has 0 amide bonds. The molecule has 1 aliphatic carbocycles. The van der Waals surface area contributed by atoms with Gasteiger partial charge in [0, 0.05) is 6.42 Å². The maximum absolute atomic E-state index is 12.0. The van der Waals surface area contributed by atoms with Crippen molar-refractivity contribution in [1.82, 2.24) is 4.98 Å². The average molecular weight is 232 g/mol. The van der Waals surface area contributed by atoms with E-state index < -0.39 is 0 Å². The molecule has 0 fully saturated rings. The second-order valence-electron chi connectivity index (χ2n) is 4.34. The van der Waals surface area contributed by atoms with Gasteiger partial charge in [0.2, 0.25) is 0 Å². The highest BCUT2D eigenvalue weighted by Crippen LogP contribution is 2.42. The first kappa shape index (κ1) is 11.3. The van der Waals surface area contributed by atoms with Crippen molar-refractivity contribution in [1.29, 1.82) is 0 Å². The van der Waals surface area contributed by atoms with Crippen molar-refractivity contribution in [3.63, 3.8) is 0 Å². The molecule has 0 saturated carbocycles. The second kappa shape index (κ2) is 4.34. The smallest absolute Gasteiger partial charge is 0.175 e. The van der Waals surface area contributed by atoms with Crippen LogP contribution in [-0.4, -0.2) is 10.8 Å². The molecule has 0 aliphatic heterocycles. The first-order valence-electron chi connectivity index (χ1n) is 5.31. The fraction of sp³-hybridized carbons (Fsp3) is 0.385. The third kappa shape index (κ3) is 1.87. The van der Waals surface area contributed by atoms with Crippen LogP contribution in [0, 0.1) is 10.9 Å². The van der Waals surface area contributed by atoms with Gasteiger partial charge in [0.15, 0.2) is 11.3 Å². The van der Waals surface area contributed by atoms with Gasteiger partial charge in [-0.3, -0.25) is 4.79 Å². The van der Waals surface area contributed by atoms with E-state index in [9.17, 15) is 4.79 Å². The molecule has 0 bridgehead atoms. The zero-order valence-electron chi connectivity index (χ0n) is 9.16. The molecule has 2 rings (SSSR count). The molecule has 1 aromatic heterocycles. The lowest BCUT2D eigenvalue weighted by Crippen LogP contribution is -2.31. The number of rotatable bonds is 4. The Hall–Kier alpha value is -1.22. The molecule has 83 valence electrons. The van der Waals surface area contributed by atoms with Crippen LogP contribution in [0.25, 0.3) is 0 Å². The molecule has 2 nitrogen and oxygen atoms in total. The third-order valence-electron chi connectivity index (χ3n) is 3.08. The number of fused-ring (bicyclic) bond motifs is 1. The van der Waals surface area contributed by atoms with Gasteiger partial charge in [-0.15, -0.1) is 24.5 Å². The summed E-state index contributed by atoms with van der Waals surface area (Å²) in [7, 11) is 0. The first-order chi connectivity index (χ1) is 7.71. The van der Waals surface area contributed by atoms with Crippen molar-refractivity contribution in [2.45, 2.75) is 25.7 Å². The lowest BCUT2D eigenvalue weighted by atomic mass is 9.70. The van der Waals surface area contributed by atoms with E-state index in [1.54, 1.807) is 0 Å². The van der Waals surface area contributed by atoms with E-state index in [4.69, 9.17) is 0 Å². The minimum Gasteiger partial charge on any atom is -0.293 e. The van der Waals surface area contributed by atoms with Crippen LogP contribution in [0.2, 0.25) is 0 Å². The van der Waals surface area contributed by atoms with Crippen LogP contribution < -0.4 is 0 Å². The Bertz CT molecular complexity index is 423. The van der Waals surface area contributed by atoms with E-state index in [0.29, 0.717) is 6.42 Å². The minimum absolute atomic E-state index is 0.0461. The summed E-state index contributed by atoms with van der Waals surface area (Å²) in [4.78, 5) is 17.0. The lowest BCUT2D eigenvalue weighted by molar-refractivity contribution is 0.0890. The number of hydrogen-bond donors (Lipinski definition) is 0. The summed E-state index contributed by atoms with van der Waals surface area (Å²) >= 11 is 1.33. The summed E-state index contributed by atoms with van der Waals surface area (Å²) in [5, 5.41) is 0. The van der Waals surface area contributed by atoms with E-state index in [2.05, 4.69) is 23.7 Å². The van der Waals surface area contributed by atoms with Crippen molar-refractivity contribution in [2.24, 2.45) is 5.41 Å². The Kier molecular flexibility index (Phi) is 3.06. The maximum Gasteiger partial charge on any atom is 0.175 e. The van der Waals surface area contributed by atoms with Gasteiger partial charge in [0.1, 0.15) is 0 Å². The van der Waals surface area contributed by atoms with E-state index >= 15 is 0 Å². The van der Waals surface area contributed by atoms with Crippen molar-refractivity contribution in [3.05, 3.63) is 41.4 Å². The molecule has 16 heavy (non-hydrogen) atoms. The summed E-state index contributed by atoms with van der Waals surface area (Å²) in [5.41, 5.74) is 3.67. The van der Waals surface area contributed by atoms with E-state index in [-0.39, 0.29) is 11.2 Å². The van der Waals surface area contributed by atoms with E-state index in [0.717, 1.165) is 29.8 Å². The van der Waals surface area contributed by atoms with Gasteiger partial charge in [0.25, 0.3) is 0 Å². The van der Waals surface area contributed by atoms with Gasteiger partial charge in [-0.1, -0.05) is 12.2 Å². The molecule has 0 atom stereocenters. The minimum atomic E-state index is -0.0461. The van der Waals surface area contributed by atoms with Crippen LogP contribution in [0.4, 0.5) is 0 Å². The van der Waals surface area contributed by atoms with Gasteiger partial charge in [-0.2, -0.15) is 0 Å². The molecule has 0 aromatic carbocycles. The number of allylic oxidation sites excluding steroid dienone is 2. The fourth-order valence-electron chi connectivity index (χ4n) is 2.39. The van der Waals surface area contributed by atoms with Gasteiger partial charge < -0.3 is 0 Å². The molecule has 1 heterocycles. The average Bonchev–Trinajstić information content (AvgIpc) is 2.66. The number of Topliss-reactive ketones (excluding diaryl/α,β-unsaturated/α-hetero) is 1. The van der Waals surface area contributed by atoms with Gasteiger partial charge >= 0.3 is 0 Å². The van der Waals surface area contributed by atoms with Gasteiger partial charge in [-0.25, -0.2) is 4.98 Å². The molecule has 0 saturated heterocycles. The Labute approximate surface area is 99.7 Å². The van der Waals surface area contributed by atoms with E-state index in [1.807, 2.05) is 12.2 Å². The zero-order valence-corrected chi connectivity index (χ0v) is 9.98. The van der Waals surface area contributed by atoms with Crippen LogP contribution in [0.3, 0.4) is 0 Å². The summed E-state index contributed by atoms with van der Waals surface area (Å²) in [6.45, 7) is 7.56. The number of carbonyl (C=O) groups is 1. The normalized spacial score (nSPS) is 17.9. The highest BCUT2D eigenvalue weighted by Gasteiger charge is 2.38. The molecule has 0 N–H and O–H groups in total. The monoisotopic (exact) mass is 232 g/mol. The molecule has 1 aliphatic rings. The largest absolute Gasteiger partial charge is 0.293 e. The Morgan fingerprint density at radius 3 is 2.69 bits per heavy atom. The Morgan fingerprint density at radius 1 is 1.38 bits per heavy atom. The molecular weight excluding hydrogens is 218 g/mol. The molecular formula is C13H14NOS. The molecule has 0 unspecified atom stereocenters. The molecule has 1 radical (unpaired) electrons. The number of nitrogens with zero attached hydrogens (tertiary/aromatic N) is 1. The number of ketones is 1. The second-order valence-corrected chi connectivity index (χ2v) is 5.14. The van der Waals surface area contributed by atoms with Crippen LogP contribution in [0.1, 0.15) is 34.6 Å². The van der Waals surface area contributed by atoms with Crippen molar-refractivity contribution in [3.8, 4) is 0 Å². The lowest BCUT2D eigenvalue weighted by Gasteiger charge is -2.34. The van der Waals surface area contributed by atoms with Crippen LogP contribution in [-0.2, 0) is 6.42 Å². The summed E-state index contributed by atoms with van der Waals surface area (Å²) in [5.74, 6) is 0.198. The molecule has 0 spiro atoms. The van der Waals surface area contributed by atoms with Crippen molar-refractivity contribution >= 4 is 17.1 Å². The van der Waals surface area contributed by atoms with Crippen LogP contribution in [0.15, 0.2) is 25.3 Å². The highest BCUT2D eigenvalue weighted by molar-refractivity contribution is 7.11. The highest BCUT2D eigenvalue weighted by atomic mass is 32.1. The maximum atomic E-state index is 12.0. The Balaban J connectivity index is 2.34. The number of aromatic nitrogens is 1. The standard InChI is InChI=1S/C13H14NOS/c1-3-5-13(6-4-2)7-10-12(11(15)8-13)16-9-14-10/h3-4H,1-2,5-8H2. The predicted molar refractivity (Wildman–Crippen MR) is 65.7 cm³/mol. The van der Waals surface area contributed by atoms with E-state index in [1.165, 1.54) is 11.3 Å². The number of thiazole rings is 1. The van der Waals surface area contributed by atoms with Crippen LogP contribution in [0.5, 0.6) is 0 Å². The summed E-state index contributed by atoms with van der Waals surface area (Å²) in [6.07, 6.45) is 6.86. The van der Waals surface area contributed by atoms with Gasteiger partial charge in [0.05, 0.1) is 10.6 Å². The van der Waals surface area contributed by atoms with Crippen molar-refractivity contribution < 1.29 is 4.79 Å². The Morgan fingerprint density at radius 2 is 2.06 bits per heavy atom. The third-order valence-corrected chi connectivity index (χ3v) is 3.93. The fourth-order valence-corrected chi connectivity index (χ4v) is 3.06. The topological polar surface area (TPSA) is 30.0 Å². The van der Waals surface area contributed by atoms with Crippen molar-refractivity contribution in [2.75, 3.05) is 0 Å². The van der Waals surface area contributed by atoms with Gasteiger partial charge in [-0.05, 0) is 24.7 Å². The predicted octanol–water partition coefficient (Wildman–Crippen LogP) is 3.21. The zero-order chi connectivity index (χ0) is 11.6. The van der Waals surface area contributed by atoms with Crippen LogP contribution >= 0.6 is 11.3 Å².